The molecule has 0 saturated carbocycles. The number of pyridine rings is 1. The van der Waals surface area contributed by atoms with E-state index < -0.39 is 0 Å². The molecule has 1 N–H and O–H groups in total. The summed E-state index contributed by atoms with van der Waals surface area (Å²) in [4.78, 5) is 10.4. The highest BCUT2D eigenvalue weighted by Gasteiger charge is 2.30. The van der Waals surface area contributed by atoms with Gasteiger partial charge in [-0.15, -0.1) is 0 Å². The second kappa shape index (κ2) is 15.6. The molecule has 0 amide bonds. The van der Waals surface area contributed by atoms with Crippen molar-refractivity contribution in [2.75, 3.05) is 0 Å². The number of aromatic hydroxyl groups is 1. The van der Waals surface area contributed by atoms with Crippen LogP contribution in [-0.2, 0) is 21.7 Å². The molecule has 2 heterocycles. The van der Waals surface area contributed by atoms with Crippen LogP contribution >= 0.6 is 0 Å². The normalized spacial score (nSPS) is 13.0. The molecular weight excluding hydrogens is 755 g/mol. The maximum absolute atomic E-state index is 12.5. The Morgan fingerprint density at radius 1 is 0.484 bits per heavy atom. The van der Waals surface area contributed by atoms with E-state index in [2.05, 4.69) is 179 Å². The van der Waals surface area contributed by atoms with Crippen molar-refractivity contribution in [3.63, 3.8) is 0 Å². The van der Waals surface area contributed by atoms with Gasteiger partial charge in [-0.05, 0) is 109 Å². The summed E-state index contributed by atoms with van der Waals surface area (Å²) in [5.74, 6) is 0.871. The van der Waals surface area contributed by atoms with E-state index in [-0.39, 0.29) is 39.6 Å². The molecule has 0 unspecified atom stereocenters. The summed E-state index contributed by atoms with van der Waals surface area (Å²) >= 11 is 0. The molecule has 0 atom stereocenters. The van der Waals surface area contributed by atoms with Crippen LogP contribution in [-0.4, -0.2) is 19.6 Å². The van der Waals surface area contributed by atoms with Gasteiger partial charge >= 0.3 is 0 Å². The van der Waals surface area contributed by atoms with Crippen molar-refractivity contribution in [2.24, 2.45) is 0 Å². The predicted molar refractivity (Wildman–Crippen MR) is 263 cm³/mol. The topological polar surface area (TPSA) is 50.9 Å². The number of hydrogen-bond donors (Lipinski definition) is 1. The summed E-state index contributed by atoms with van der Waals surface area (Å²) < 4.78 is 20.5. The van der Waals surface area contributed by atoms with Gasteiger partial charge in [0.25, 0.3) is 0 Å². The van der Waals surface area contributed by atoms with Crippen LogP contribution in [0.4, 0.5) is 0 Å². The zero-order valence-electron chi connectivity index (χ0n) is 40.5. The van der Waals surface area contributed by atoms with Gasteiger partial charge in [-0.3, -0.25) is 9.55 Å². The van der Waals surface area contributed by atoms with E-state index in [0.29, 0.717) is 22.6 Å². The third-order valence-corrected chi connectivity index (χ3v) is 12.0. The molecule has 0 radical (unpaired) electrons. The first-order chi connectivity index (χ1) is 30.0. The minimum atomic E-state index is -0.350. The number of para-hydroxylation sites is 1. The number of phenols is 1. The third kappa shape index (κ3) is 8.23. The van der Waals surface area contributed by atoms with Crippen molar-refractivity contribution in [3.8, 4) is 67.5 Å². The van der Waals surface area contributed by atoms with Crippen LogP contribution in [0, 0.1) is 0 Å². The summed E-state index contributed by atoms with van der Waals surface area (Å²) in [5, 5.41) is 12.5. The van der Waals surface area contributed by atoms with Gasteiger partial charge in [-0.1, -0.05) is 174 Å². The SMILES string of the molecule is [2H]c1cc(-c2ccccc2)c([2H])c(-c2cc(-c3cccc4c3nc(-c3cc(C(C)(C)C)cc(C(C)(C)C)c3O)n4-c3ccc(C(C)(C)C)cc3-c3ccccc3)cc(C(C)(C)C)c2)n1. The quantitative estimate of drug-likeness (QED) is 0.182. The van der Waals surface area contributed by atoms with Gasteiger partial charge in [0.05, 0.1) is 30.7 Å². The molecule has 0 aliphatic heterocycles. The van der Waals surface area contributed by atoms with Gasteiger partial charge in [-0.25, -0.2) is 4.98 Å². The number of phenolic OH excluding ortho intramolecular Hbond substituents is 1. The first kappa shape index (κ1) is 39.9. The largest absolute Gasteiger partial charge is 0.507 e. The highest BCUT2D eigenvalue weighted by atomic mass is 16.3. The van der Waals surface area contributed by atoms with Crippen LogP contribution in [0.5, 0.6) is 5.75 Å². The lowest BCUT2D eigenvalue weighted by atomic mass is 9.79. The van der Waals surface area contributed by atoms with Crippen LogP contribution in [0.15, 0.2) is 146 Å². The Bertz CT molecular complexity index is 3050. The zero-order chi connectivity index (χ0) is 46.1. The molecule has 6 aromatic carbocycles. The lowest BCUT2D eigenvalue weighted by molar-refractivity contribution is 0.446. The van der Waals surface area contributed by atoms with Crippen molar-refractivity contribution < 1.29 is 7.85 Å². The van der Waals surface area contributed by atoms with Crippen LogP contribution in [0.2, 0.25) is 0 Å². The van der Waals surface area contributed by atoms with Gasteiger partial charge in [0.2, 0.25) is 0 Å². The Kier molecular flexibility index (Phi) is 10.0. The molecule has 4 heteroatoms. The van der Waals surface area contributed by atoms with Gasteiger partial charge in [0.15, 0.2) is 0 Å². The average Bonchev–Trinajstić information content (AvgIpc) is 3.62. The molecule has 2 aromatic heterocycles. The standard InChI is InChI=1S/C58H61N3O/c1-55(2,3)42-26-27-50(46(34-42)38-22-17-14-18-23-38)61-51-25-19-24-45(52(51)60-54(61)47-35-44(57(7,8)9)36-48(53(47)62)58(10,11)12)40-30-41(32-43(31-40)56(4,5)6)49-33-39(28-29-59-49)37-20-15-13-16-21-37/h13-36,62H,1-12H3/i29D,33D. The highest BCUT2D eigenvalue weighted by molar-refractivity contribution is 5.98. The van der Waals surface area contributed by atoms with Crippen LogP contribution in [0.25, 0.3) is 72.7 Å². The fourth-order valence-electron chi connectivity index (χ4n) is 8.23. The molecule has 8 aromatic rings. The monoisotopic (exact) mass is 817 g/mol. The lowest BCUT2D eigenvalue weighted by Crippen LogP contribution is -2.17. The summed E-state index contributed by atoms with van der Waals surface area (Å²) in [7, 11) is 0. The fraction of sp³-hybridized carbons (Fsp3) is 0.276. The molecule has 0 fully saturated rings. The van der Waals surface area contributed by atoms with Crippen molar-refractivity contribution >= 4 is 11.0 Å². The number of hydrogen-bond acceptors (Lipinski definition) is 3. The fourth-order valence-corrected chi connectivity index (χ4v) is 8.23. The smallest absolute Gasteiger partial charge is 0.149 e. The molecule has 0 aliphatic carbocycles. The number of fused-ring (bicyclic) bond motifs is 1. The molecule has 0 aliphatic rings. The predicted octanol–water partition coefficient (Wildman–Crippen LogP) is 15.7. The molecule has 8 rings (SSSR count). The molecule has 0 bridgehead atoms. The van der Waals surface area contributed by atoms with Crippen molar-refractivity contribution in [1.29, 1.82) is 0 Å². The van der Waals surface area contributed by atoms with Crippen LogP contribution in [0.1, 0.15) is 108 Å². The zero-order valence-corrected chi connectivity index (χ0v) is 38.5. The Hall–Kier alpha value is -6.26. The first-order valence-corrected chi connectivity index (χ1v) is 21.8. The number of rotatable bonds is 6. The Morgan fingerprint density at radius 3 is 1.71 bits per heavy atom. The number of nitrogens with zero attached hydrogens (tertiary/aromatic N) is 3. The molecule has 62 heavy (non-hydrogen) atoms. The maximum Gasteiger partial charge on any atom is 0.149 e. The highest BCUT2D eigenvalue weighted by Crippen LogP contribution is 2.46. The molecule has 0 saturated heterocycles. The number of aromatic nitrogens is 3. The summed E-state index contributed by atoms with van der Waals surface area (Å²) in [5.41, 5.74) is 13.4. The Balaban J connectivity index is 1.49. The van der Waals surface area contributed by atoms with Gasteiger partial charge in [0, 0.05) is 28.4 Å². The average molecular weight is 818 g/mol. The lowest BCUT2D eigenvalue weighted by Gasteiger charge is -2.28. The second-order valence-electron chi connectivity index (χ2n) is 20.9. The van der Waals surface area contributed by atoms with Crippen molar-refractivity contribution in [1.82, 2.24) is 14.5 Å². The number of benzene rings is 6. The Morgan fingerprint density at radius 2 is 1.08 bits per heavy atom. The minimum absolute atomic E-state index is 0.0964. The van der Waals surface area contributed by atoms with Crippen molar-refractivity contribution in [3.05, 3.63) is 168 Å². The van der Waals surface area contributed by atoms with Crippen LogP contribution in [0.3, 0.4) is 0 Å². The Labute approximate surface area is 372 Å². The van der Waals surface area contributed by atoms with E-state index in [0.717, 1.165) is 66.8 Å². The summed E-state index contributed by atoms with van der Waals surface area (Å²) in [6.07, 6.45) is 0.108. The second-order valence-corrected chi connectivity index (χ2v) is 20.9. The summed E-state index contributed by atoms with van der Waals surface area (Å²) in [6.45, 7) is 26.4. The molecular formula is C58H61N3O. The minimum Gasteiger partial charge on any atom is -0.507 e. The molecule has 314 valence electrons. The van der Waals surface area contributed by atoms with E-state index in [1.165, 1.54) is 5.56 Å². The third-order valence-electron chi connectivity index (χ3n) is 12.0. The molecule has 4 nitrogen and oxygen atoms in total. The number of imidazole rings is 1. The summed E-state index contributed by atoms with van der Waals surface area (Å²) in [6, 6.07) is 46.1. The molecule has 0 spiro atoms. The van der Waals surface area contributed by atoms with E-state index in [1.54, 1.807) is 6.07 Å². The van der Waals surface area contributed by atoms with E-state index in [9.17, 15) is 6.48 Å². The van der Waals surface area contributed by atoms with Crippen LogP contribution < -0.4 is 0 Å². The van der Waals surface area contributed by atoms with Crippen molar-refractivity contribution in [2.45, 2.75) is 105 Å². The van der Waals surface area contributed by atoms with Gasteiger partial charge < -0.3 is 5.11 Å². The first-order valence-electron chi connectivity index (χ1n) is 22.8. The van der Waals surface area contributed by atoms with E-state index in [1.807, 2.05) is 36.4 Å². The maximum atomic E-state index is 12.5. The van der Waals surface area contributed by atoms with Gasteiger partial charge in [0.1, 0.15) is 11.6 Å². The van der Waals surface area contributed by atoms with E-state index in [4.69, 9.17) is 11.3 Å². The van der Waals surface area contributed by atoms with Gasteiger partial charge in [-0.2, -0.15) is 0 Å². The van der Waals surface area contributed by atoms with E-state index >= 15 is 0 Å².